The summed E-state index contributed by atoms with van der Waals surface area (Å²) in [6.07, 6.45) is 99.5. The maximum Gasteiger partial charge on any atom is 0.472 e. The van der Waals surface area contributed by atoms with Gasteiger partial charge in [-0.3, -0.25) is 37.3 Å². The highest BCUT2D eigenvalue weighted by molar-refractivity contribution is 7.47. The SMILES string of the molecule is CC/C=C\C/C=C\C/C=C\C/C=C\C/C=C\C/C=C\CCC(=O)OCC(COP(=O)(O)OCC(O)COP(=O)(O)OCC(COC(=O)CCCC/C=C\C/C=C\C/C=C\C/C=C\CC)OC(=O)CCCCCCC/C=C\C/C=C\CCCCC)OC(=O)CC/C=C\C/C=C\C/C=C\C/C=C\C/C=C\C/C=C\CC. The number of ether oxygens (including phenoxy) is 4. The summed E-state index contributed by atoms with van der Waals surface area (Å²) in [6.45, 7) is 4.22. The molecule has 19 heteroatoms. The third kappa shape index (κ3) is 77.5. The molecule has 17 nitrogen and oxygen atoms in total. The van der Waals surface area contributed by atoms with Crippen LogP contribution >= 0.6 is 15.6 Å². The minimum atomic E-state index is -5.03. The molecule has 0 saturated heterocycles. The van der Waals surface area contributed by atoms with Crippen LogP contribution < -0.4 is 0 Å². The van der Waals surface area contributed by atoms with Crippen LogP contribution in [0.4, 0.5) is 0 Å². The Hall–Kier alpha value is -6.62. The molecule has 0 spiro atoms. The van der Waals surface area contributed by atoms with Crippen molar-refractivity contribution in [2.45, 2.75) is 277 Å². The number of hydrogen-bond acceptors (Lipinski definition) is 15. The van der Waals surface area contributed by atoms with E-state index in [0.29, 0.717) is 38.5 Å². The van der Waals surface area contributed by atoms with Crippen molar-refractivity contribution in [3.05, 3.63) is 219 Å². The fraction of sp³-hybridized carbons (Fsp3) is 0.551. The quantitative estimate of drug-likeness (QED) is 0.0169. The van der Waals surface area contributed by atoms with Crippen molar-refractivity contribution < 1.29 is 80.2 Å². The van der Waals surface area contributed by atoms with Crippen LogP contribution in [0.1, 0.15) is 259 Å². The van der Waals surface area contributed by atoms with Gasteiger partial charge in [0.15, 0.2) is 12.2 Å². The maximum atomic E-state index is 13.1. The Labute approximate surface area is 651 Å². The van der Waals surface area contributed by atoms with E-state index >= 15 is 0 Å². The van der Waals surface area contributed by atoms with Gasteiger partial charge in [-0.25, -0.2) is 9.13 Å². The van der Waals surface area contributed by atoms with Crippen LogP contribution in [-0.2, 0) is 65.4 Å². The van der Waals surface area contributed by atoms with Gasteiger partial charge in [-0.15, -0.1) is 0 Å². The van der Waals surface area contributed by atoms with Crippen molar-refractivity contribution in [3.8, 4) is 0 Å². The molecule has 0 rings (SSSR count). The van der Waals surface area contributed by atoms with E-state index in [1.807, 2.05) is 36.5 Å². The average Bonchev–Trinajstić information content (AvgIpc) is 0.896. The molecule has 0 aliphatic rings. The summed E-state index contributed by atoms with van der Waals surface area (Å²) < 4.78 is 68.4. The molecule has 0 aromatic rings. The number of carbonyl (C=O) groups excluding carboxylic acids is 4. The molecule has 0 bridgehead atoms. The van der Waals surface area contributed by atoms with Crippen molar-refractivity contribution >= 4 is 39.5 Å². The highest BCUT2D eigenvalue weighted by Gasteiger charge is 2.30. The van der Waals surface area contributed by atoms with Crippen LogP contribution in [0, 0.1) is 0 Å². The van der Waals surface area contributed by atoms with Crippen LogP contribution in [-0.4, -0.2) is 96.7 Å². The number of rotatable bonds is 72. The van der Waals surface area contributed by atoms with E-state index in [0.717, 1.165) is 148 Å². The van der Waals surface area contributed by atoms with Gasteiger partial charge in [-0.1, -0.05) is 279 Å². The van der Waals surface area contributed by atoms with Crippen LogP contribution in [0.25, 0.3) is 0 Å². The molecule has 5 atom stereocenters. The summed E-state index contributed by atoms with van der Waals surface area (Å²) in [7, 11) is -10.0. The summed E-state index contributed by atoms with van der Waals surface area (Å²) >= 11 is 0. The van der Waals surface area contributed by atoms with Crippen molar-refractivity contribution in [3.63, 3.8) is 0 Å². The van der Waals surface area contributed by atoms with Gasteiger partial charge in [0.1, 0.15) is 19.3 Å². The molecule has 0 saturated carbocycles. The average molecular weight is 1540 g/mol. The smallest absolute Gasteiger partial charge is 0.462 e. The minimum Gasteiger partial charge on any atom is -0.462 e. The topological polar surface area (TPSA) is 237 Å². The van der Waals surface area contributed by atoms with E-state index in [9.17, 15) is 43.2 Å². The molecule has 0 radical (unpaired) electrons. The second kappa shape index (κ2) is 78.5. The summed E-state index contributed by atoms with van der Waals surface area (Å²) in [5, 5.41) is 10.6. The zero-order valence-corrected chi connectivity index (χ0v) is 68.0. The van der Waals surface area contributed by atoms with E-state index in [2.05, 4.69) is 210 Å². The van der Waals surface area contributed by atoms with Gasteiger partial charge in [0.2, 0.25) is 0 Å². The Morgan fingerprint density at radius 3 is 0.833 bits per heavy atom. The Morgan fingerprint density at radius 1 is 0.269 bits per heavy atom. The molecule has 0 fully saturated rings. The van der Waals surface area contributed by atoms with Gasteiger partial charge in [-0.2, -0.15) is 0 Å². The van der Waals surface area contributed by atoms with E-state index < -0.39 is 97.5 Å². The molecule has 3 N–H and O–H groups in total. The zero-order valence-electron chi connectivity index (χ0n) is 66.2. The van der Waals surface area contributed by atoms with Crippen LogP contribution in [0.15, 0.2) is 219 Å². The van der Waals surface area contributed by atoms with Crippen LogP contribution in [0.3, 0.4) is 0 Å². The highest BCUT2D eigenvalue weighted by atomic mass is 31.2. The first kappa shape index (κ1) is 101. The number of hydrogen-bond donors (Lipinski definition) is 3. The van der Waals surface area contributed by atoms with Gasteiger partial charge >= 0.3 is 39.5 Å². The lowest BCUT2D eigenvalue weighted by Gasteiger charge is -2.21. The van der Waals surface area contributed by atoms with Crippen LogP contribution in [0.5, 0.6) is 0 Å². The van der Waals surface area contributed by atoms with Gasteiger partial charge in [-0.05, 0) is 173 Å². The Balaban J connectivity index is 5.59. The Kier molecular flexibility index (Phi) is 73.7. The third-order valence-electron chi connectivity index (χ3n) is 15.4. The lowest BCUT2D eigenvalue weighted by Crippen LogP contribution is -2.30. The molecule has 606 valence electrons. The Morgan fingerprint density at radius 2 is 0.500 bits per heavy atom. The number of allylic oxidation sites excluding steroid dienone is 36. The maximum absolute atomic E-state index is 13.1. The zero-order chi connectivity index (χ0) is 78.9. The highest BCUT2D eigenvalue weighted by Crippen LogP contribution is 2.45. The van der Waals surface area contributed by atoms with Crippen molar-refractivity contribution in [1.82, 2.24) is 0 Å². The molecule has 0 aromatic carbocycles. The number of aliphatic hydroxyl groups excluding tert-OH is 1. The first-order chi connectivity index (χ1) is 52.7. The summed E-state index contributed by atoms with van der Waals surface area (Å²) in [6, 6.07) is 0. The molecule has 0 aliphatic heterocycles. The predicted molar refractivity (Wildman–Crippen MR) is 445 cm³/mol. The predicted octanol–water partition coefficient (Wildman–Crippen LogP) is 23.7. The van der Waals surface area contributed by atoms with E-state index in [4.69, 9.17) is 37.0 Å². The monoisotopic (exact) mass is 1540 g/mol. The second-order valence-corrected chi connectivity index (χ2v) is 28.4. The number of phosphoric acid groups is 2. The fourth-order valence-electron chi connectivity index (χ4n) is 9.47. The number of aliphatic hydroxyl groups is 1. The summed E-state index contributed by atoms with van der Waals surface area (Å²) in [5.41, 5.74) is 0. The standard InChI is InChI=1S/C89H138O17P2/c1-5-9-13-17-21-25-29-33-37-39-41-43-47-50-54-58-62-66-70-74-87(92)100-80-85(106-89(94)76-72-68-64-60-56-52-48-44-42-40-38-34-30-26-22-18-14-10-6-2)82-104-108(97,98)102-78-83(90)77-101-107(95,96)103-81-84(105-88(93)75-71-67-63-59-55-51-46-36-32-28-24-20-16-12-8-4)79-99-86(91)73-69-65-61-57-53-49-45-35-31-27-23-19-15-11-7-3/h9-11,13-15,21-28,33-38,41-46,50,52-54,56-57,62,64,66,68,83-85,90H,5-8,12,16-20,29-32,39-40,47-49,51,55,58-61,63,65,67,69-82H2,1-4H3,(H,95,96)(H,97,98)/b13-9-,14-10-,15-11-,25-21-,26-22-,27-23-,28-24-,37-33-,38-34-,43-41-,44-42-,45-35-,46-36-,54-50-,56-52-,57-53-,66-62-,68-64-. The third-order valence-corrected chi connectivity index (χ3v) is 17.3. The number of esters is 4. The summed E-state index contributed by atoms with van der Waals surface area (Å²) in [4.78, 5) is 73.0. The molecular formula is C89H138O17P2. The molecule has 0 heterocycles. The van der Waals surface area contributed by atoms with Crippen molar-refractivity contribution in [2.24, 2.45) is 0 Å². The minimum absolute atomic E-state index is 0.00930. The molecule has 0 amide bonds. The van der Waals surface area contributed by atoms with Gasteiger partial charge in [0.05, 0.1) is 26.4 Å². The lowest BCUT2D eigenvalue weighted by molar-refractivity contribution is -0.161. The number of phosphoric ester groups is 2. The largest absolute Gasteiger partial charge is 0.472 e. The van der Waals surface area contributed by atoms with Crippen molar-refractivity contribution in [1.29, 1.82) is 0 Å². The van der Waals surface area contributed by atoms with Gasteiger partial charge in [0.25, 0.3) is 0 Å². The number of unbranched alkanes of at least 4 members (excludes halogenated alkanes) is 10. The summed E-state index contributed by atoms with van der Waals surface area (Å²) in [5.74, 6) is -2.46. The van der Waals surface area contributed by atoms with E-state index in [1.165, 1.54) is 19.3 Å². The van der Waals surface area contributed by atoms with Gasteiger partial charge in [0, 0.05) is 25.7 Å². The van der Waals surface area contributed by atoms with E-state index in [1.54, 1.807) is 0 Å². The first-order valence-electron chi connectivity index (χ1n) is 40.0. The molecule has 0 aromatic heterocycles. The molecular weight excluding hydrogens is 1400 g/mol. The van der Waals surface area contributed by atoms with E-state index in [-0.39, 0.29) is 25.7 Å². The van der Waals surface area contributed by atoms with Crippen LogP contribution in [0.2, 0.25) is 0 Å². The van der Waals surface area contributed by atoms with Gasteiger partial charge < -0.3 is 33.8 Å². The number of carbonyl (C=O) groups is 4. The first-order valence-corrected chi connectivity index (χ1v) is 43.0. The molecule has 108 heavy (non-hydrogen) atoms. The second-order valence-electron chi connectivity index (χ2n) is 25.5. The lowest BCUT2D eigenvalue weighted by atomic mass is 10.1. The molecule has 0 aliphatic carbocycles. The normalized spacial score (nSPS) is 15.0. The fourth-order valence-corrected chi connectivity index (χ4v) is 11.0. The Bertz CT molecular complexity index is 2910. The molecule has 5 unspecified atom stereocenters. The van der Waals surface area contributed by atoms with Crippen molar-refractivity contribution in [2.75, 3.05) is 39.6 Å².